The Morgan fingerprint density at radius 1 is 0.909 bits per heavy atom. The molecule has 0 atom stereocenters. The van der Waals surface area contributed by atoms with Crippen LogP contribution in [0.4, 0.5) is 23.2 Å². The van der Waals surface area contributed by atoms with Crippen LogP contribution in [0.3, 0.4) is 0 Å². The summed E-state index contributed by atoms with van der Waals surface area (Å²) in [4.78, 5) is 0. The molecule has 0 bridgehead atoms. The molecule has 60 valence electrons. The highest BCUT2D eigenvalue weighted by Crippen LogP contribution is 2.18. The molecule has 11 heavy (non-hydrogen) atoms. The molecular formula is C6H4F4N+. The Balaban J connectivity index is 3.46. The molecule has 3 N–H and O–H groups in total. The minimum atomic E-state index is -1.82. The largest absolute Gasteiger partial charge is 0.322 e. The lowest BCUT2D eigenvalue weighted by atomic mass is 10.3. The van der Waals surface area contributed by atoms with E-state index in [-0.39, 0.29) is 0 Å². The molecule has 0 radical (unpaired) electrons. The molecule has 0 unspecified atom stereocenters. The number of hydrogen-bond donors (Lipinski definition) is 1. The molecule has 0 saturated heterocycles. The zero-order chi connectivity index (χ0) is 8.59. The van der Waals surface area contributed by atoms with Crippen LogP contribution in [0.25, 0.3) is 0 Å². The molecule has 1 nitrogen and oxygen atoms in total. The van der Waals surface area contributed by atoms with Crippen molar-refractivity contribution in [2.24, 2.45) is 0 Å². The Bertz CT molecular complexity index is 271. The van der Waals surface area contributed by atoms with Gasteiger partial charge in [0.05, 0.1) is 0 Å². The Kier molecular flexibility index (Phi) is 1.82. The first-order chi connectivity index (χ1) is 5.04. The zero-order valence-electron chi connectivity index (χ0n) is 5.30. The monoisotopic (exact) mass is 166 g/mol. The Hall–Kier alpha value is -1.10. The van der Waals surface area contributed by atoms with Gasteiger partial charge in [0.2, 0.25) is 11.6 Å². The molecule has 1 rings (SSSR count). The predicted octanol–water partition coefficient (Wildman–Crippen LogP) is 1.12. The summed E-state index contributed by atoms with van der Waals surface area (Å²) in [7, 11) is 0. The van der Waals surface area contributed by atoms with E-state index in [0.717, 1.165) is 0 Å². The van der Waals surface area contributed by atoms with Crippen molar-refractivity contribution in [2.45, 2.75) is 0 Å². The van der Waals surface area contributed by atoms with Gasteiger partial charge in [0, 0.05) is 6.07 Å². The van der Waals surface area contributed by atoms with Crippen LogP contribution in [0, 0.1) is 23.3 Å². The number of benzene rings is 1. The summed E-state index contributed by atoms with van der Waals surface area (Å²) < 4.78 is 48.9. The molecule has 0 spiro atoms. The van der Waals surface area contributed by atoms with Crippen molar-refractivity contribution in [3.05, 3.63) is 29.3 Å². The normalized spacial score (nSPS) is 10.3. The molecule has 1 aromatic rings. The first-order valence-corrected chi connectivity index (χ1v) is 2.69. The number of quaternary nitrogens is 1. The topological polar surface area (TPSA) is 27.6 Å². The van der Waals surface area contributed by atoms with Gasteiger partial charge in [0.25, 0.3) is 0 Å². The maximum absolute atomic E-state index is 12.3. The van der Waals surface area contributed by atoms with Crippen molar-refractivity contribution < 1.29 is 23.3 Å². The van der Waals surface area contributed by atoms with Crippen molar-refractivity contribution in [2.75, 3.05) is 0 Å². The van der Waals surface area contributed by atoms with Crippen LogP contribution in [0.2, 0.25) is 0 Å². The smallest absolute Gasteiger partial charge is 0.222 e. The van der Waals surface area contributed by atoms with Crippen LogP contribution in [-0.4, -0.2) is 0 Å². The highest BCUT2D eigenvalue weighted by Gasteiger charge is 2.18. The van der Waals surface area contributed by atoms with Gasteiger partial charge in [-0.15, -0.1) is 0 Å². The fourth-order valence-electron chi connectivity index (χ4n) is 0.622. The summed E-state index contributed by atoms with van der Waals surface area (Å²) in [5, 5.41) is 0. The summed E-state index contributed by atoms with van der Waals surface area (Å²) in [6.45, 7) is 0. The van der Waals surface area contributed by atoms with Crippen LogP contribution in [0.15, 0.2) is 6.07 Å². The second kappa shape index (κ2) is 2.50. The van der Waals surface area contributed by atoms with Gasteiger partial charge in [-0.2, -0.15) is 4.39 Å². The van der Waals surface area contributed by atoms with Crippen LogP contribution >= 0.6 is 0 Å². The Morgan fingerprint density at radius 3 is 2.00 bits per heavy atom. The second-order valence-corrected chi connectivity index (χ2v) is 1.96. The van der Waals surface area contributed by atoms with Gasteiger partial charge in [0.15, 0.2) is 17.3 Å². The highest BCUT2D eigenvalue weighted by molar-refractivity contribution is 5.31. The van der Waals surface area contributed by atoms with E-state index < -0.39 is 29.0 Å². The third-order valence-electron chi connectivity index (χ3n) is 1.18. The average molecular weight is 166 g/mol. The molecule has 0 aromatic heterocycles. The van der Waals surface area contributed by atoms with E-state index in [1.807, 2.05) is 0 Å². The summed E-state index contributed by atoms with van der Waals surface area (Å²) >= 11 is 0. The Labute approximate surface area is 59.4 Å². The Morgan fingerprint density at radius 2 is 1.45 bits per heavy atom. The van der Waals surface area contributed by atoms with Crippen LogP contribution in [0.5, 0.6) is 0 Å². The quantitative estimate of drug-likeness (QED) is 0.340. The van der Waals surface area contributed by atoms with E-state index in [9.17, 15) is 17.6 Å². The van der Waals surface area contributed by atoms with E-state index in [1.165, 1.54) is 0 Å². The highest BCUT2D eigenvalue weighted by atomic mass is 19.2. The third kappa shape index (κ3) is 1.19. The minimum Gasteiger partial charge on any atom is -0.322 e. The van der Waals surface area contributed by atoms with Gasteiger partial charge in [-0.05, 0) is 0 Å². The maximum atomic E-state index is 12.3. The minimum absolute atomic E-state index is 0.494. The predicted molar refractivity (Wildman–Crippen MR) is 28.8 cm³/mol. The standard InChI is InChI=1S/C6H3F4N/c7-2-1-3(11)5(9)6(10)4(2)8/h1H,11H2/p+1. The van der Waals surface area contributed by atoms with Gasteiger partial charge in [-0.1, -0.05) is 0 Å². The van der Waals surface area contributed by atoms with Gasteiger partial charge in [0.1, 0.15) is 0 Å². The maximum Gasteiger partial charge on any atom is 0.222 e. The van der Waals surface area contributed by atoms with Crippen molar-refractivity contribution >= 4 is 5.69 Å². The molecule has 0 heterocycles. The van der Waals surface area contributed by atoms with Crippen molar-refractivity contribution in [1.29, 1.82) is 0 Å². The molecule has 0 aliphatic carbocycles. The van der Waals surface area contributed by atoms with E-state index in [4.69, 9.17) is 0 Å². The van der Waals surface area contributed by atoms with Gasteiger partial charge in [-0.3, -0.25) is 0 Å². The summed E-state index contributed by atoms with van der Waals surface area (Å²) in [5.74, 6) is -6.53. The summed E-state index contributed by atoms with van der Waals surface area (Å²) in [5.41, 5.74) is 2.46. The number of rotatable bonds is 0. The SMILES string of the molecule is [NH3+]c1cc(F)c(F)c(F)c1F. The lowest BCUT2D eigenvalue weighted by molar-refractivity contribution is -0.259. The van der Waals surface area contributed by atoms with E-state index in [2.05, 4.69) is 5.73 Å². The molecule has 0 aliphatic heterocycles. The zero-order valence-corrected chi connectivity index (χ0v) is 5.30. The lowest BCUT2D eigenvalue weighted by Crippen LogP contribution is -2.42. The molecule has 5 heteroatoms. The van der Waals surface area contributed by atoms with Crippen LogP contribution in [0.1, 0.15) is 0 Å². The molecule has 0 fully saturated rings. The molecule has 1 aromatic carbocycles. The summed E-state index contributed by atoms with van der Waals surface area (Å²) in [6, 6.07) is 0.494. The van der Waals surface area contributed by atoms with Gasteiger partial charge in [-0.25, -0.2) is 13.2 Å². The second-order valence-electron chi connectivity index (χ2n) is 1.96. The van der Waals surface area contributed by atoms with E-state index >= 15 is 0 Å². The van der Waals surface area contributed by atoms with E-state index in [0.29, 0.717) is 6.07 Å². The fraction of sp³-hybridized carbons (Fsp3) is 0. The number of hydrogen-bond acceptors (Lipinski definition) is 0. The fourth-order valence-corrected chi connectivity index (χ4v) is 0.622. The molecule has 0 amide bonds. The van der Waals surface area contributed by atoms with Crippen LogP contribution in [-0.2, 0) is 0 Å². The third-order valence-corrected chi connectivity index (χ3v) is 1.18. The van der Waals surface area contributed by atoms with Crippen molar-refractivity contribution in [3.63, 3.8) is 0 Å². The molecule has 0 aliphatic rings. The molecule has 0 saturated carbocycles. The first kappa shape index (κ1) is 8.00. The van der Waals surface area contributed by atoms with Gasteiger partial charge < -0.3 is 5.73 Å². The molecular weight excluding hydrogens is 162 g/mol. The first-order valence-electron chi connectivity index (χ1n) is 2.69. The van der Waals surface area contributed by atoms with Crippen LogP contribution < -0.4 is 5.73 Å². The van der Waals surface area contributed by atoms with Gasteiger partial charge >= 0.3 is 0 Å². The summed E-state index contributed by atoms with van der Waals surface area (Å²) in [6.07, 6.45) is 0. The number of halogens is 4. The average Bonchev–Trinajstić information content (AvgIpc) is 1.97. The lowest BCUT2D eigenvalue weighted by Gasteiger charge is -1.96. The van der Waals surface area contributed by atoms with E-state index in [1.54, 1.807) is 0 Å². The van der Waals surface area contributed by atoms with Crippen molar-refractivity contribution in [3.8, 4) is 0 Å². The van der Waals surface area contributed by atoms with Crippen molar-refractivity contribution in [1.82, 2.24) is 0 Å².